The summed E-state index contributed by atoms with van der Waals surface area (Å²) in [6.45, 7) is 3.19. The quantitative estimate of drug-likeness (QED) is 0.897. The number of hydrogen-bond acceptors (Lipinski definition) is 3. The predicted octanol–water partition coefficient (Wildman–Crippen LogP) is 2.63. The molecule has 1 aromatic rings. The normalized spacial score (nSPS) is 20.9. The van der Waals surface area contributed by atoms with Crippen LogP contribution in [-0.2, 0) is 12.7 Å². The first-order valence-corrected chi connectivity index (χ1v) is 7.10. The maximum Gasteiger partial charge on any atom is 0.416 e. The summed E-state index contributed by atoms with van der Waals surface area (Å²) < 4.78 is 39.5. The molecule has 1 aliphatic heterocycles. The third-order valence-electron chi connectivity index (χ3n) is 4.04. The smallest absolute Gasteiger partial charge is 0.393 e. The maximum absolute atomic E-state index is 13.2. The van der Waals surface area contributed by atoms with Crippen LogP contribution < -0.4 is 10.2 Å². The van der Waals surface area contributed by atoms with Gasteiger partial charge in [-0.1, -0.05) is 6.07 Å². The summed E-state index contributed by atoms with van der Waals surface area (Å²) in [6.07, 6.45) is -3.98. The zero-order valence-electron chi connectivity index (χ0n) is 12.2. The Balaban J connectivity index is 2.26. The molecule has 0 amide bonds. The van der Waals surface area contributed by atoms with Gasteiger partial charge in [0, 0.05) is 31.2 Å². The van der Waals surface area contributed by atoms with Crippen LogP contribution in [0, 0.1) is 5.92 Å². The second-order valence-corrected chi connectivity index (χ2v) is 5.60. The van der Waals surface area contributed by atoms with Crippen molar-refractivity contribution in [2.75, 3.05) is 25.0 Å². The molecule has 2 N–H and O–H groups in total. The van der Waals surface area contributed by atoms with Gasteiger partial charge in [-0.25, -0.2) is 0 Å². The van der Waals surface area contributed by atoms with Gasteiger partial charge >= 0.3 is 6.18 Å². The Morgan fingerprint density at radius 3 is 2.67 bits per heavy atom. The van der Waals surface area contributed by atoms with Gasteiger partial charge in [0.2, 0.25) is 0 Å². The van der Waals surface area contributed by atoms with Crippen molar-refractivity contribution in [3.63, 3.8) is 0 Å². The fourth-order valence-corrected chi connectivity index (χ4v) is 2.79. The minimum atomic E-state index is -4.36. The highest BCUT2D eigenvalue weighted by atomic mass is 19.4. The van der Waals surface area contributed by atoms with E-state index in [0.29, 0.717) is 18.8 Å². The highest BCUT2D eigenvalue weighted by Crippen LogP contribution is 2.36. The molecule has 2 unspecified atom stereocenters. The summed E-state index contributed by atoms with van der Waals surface area (Å²) in [5.74, 6) is 0.122. The van der Waals surface area contributed by atoms with Crippen LogP contribution in [0.4, 0.5) is 18.9 Å². The Labute approximate surface area is 122 Å². The number of hydrogen-bond donors (Lipinski definition) is 2. The number of anilines is 1. The average molecular weight is 302 g/mol. The van der Waals surface area contributed by atoms with Gasteiger partial charge in [-0.3, -0.25) is 0 Å². The molecule has 0 radical (unpaired) electrons. The molecule has 1 aromatic carbocycles. The third kappa shape index (κ3) is 3.68. The lowest BCUT2D eigenvalue weighted by Crippen LogP contribution is -2.24. The predicted molar refractivity (Wildman–Crippen MR) is 76.2 cm³/mol. The van der Waals surface area contributed by atoms with Crippen molar-refractivity contribution in [3.8, 4) is 0 Å². The number of nitrogens with one attached hydrogen (secondary N) is 1. The minimum Gasteiger partial charge on any atom is -0.393 e. The molecule has 0 spiro atoms. The summed E-state index contributed by atoms with van der Waals surface area (Å²) in [5, 5.41) is 12.4. The van der Waals surface area contributed by atoms with Gasteiger partial charge in [0.1, 0.15) is 0 Å². The number of aliphatic hydroxyl groups is 1. The van der Waals surface area contributed by atoms with Crippen molar-refractivity contribution in [2.45, 2.75) is 32.2 Å². The molecule has 0 aliphatic carbocycles. The van der Waals surface area contributed by atoms with E-state index in [1.54, 1.807) is 20.0 Å². The van der Waals surface area contributed by atoms with Crippen LogP contribution in [0.3, 0.4) is 0 Å². The fourth-order valence-electron chi connectivity index (χ4n) is 2.79. The van der Waals surface area contributed by atoms with E-state index in [1.807, 2.05) is 4.90 Å². The number of benzene rings is 1. The molecule has 1 fully saturated rings. The van der Waals surface area contributed by atoms with Gasteiger partial charge < -0.3 is 15.3 Å². The number of nitrogens with zero attached hydrogens (tertiary/aromatic N) is 1. The third-order valence-corrected chi connectivity index (χ3v) is 4.04. The average Bonchev–Trinajstić information content (AvgIpc) is 2.88. The Bertz CT molecular complexity index is 488. The van der Waals surface area contributed by atoms with Crippen molar-refractivity contribution in [1.29, 1.82) is 0 Å². The van der Waals surface area contributed by atoms with E-state index in [4.69, 9.17) is 0 Å². The van der Waals surface area contributed by atoms with E-state index in [9.17, 15) is 18.3 Å². The summed E-state index contributed by atoms with van der Waals surface area (Å²) in [6, 6.07) is 4.48. The van der Waals surface area contributed by atoms with E-state index in [-0.39, 0.29) is 18.0 Å². The molecule has 0 aromatic heterocycles. The molecule has 21 heavy (non-hydrogen) atoms. The summed E-state index contributed by atoms with van der Waals surface area (Å²) in [4.78, 5) is 1.91. The van der Waals surface area contributed by atoms with Crippen LogP contribution in [0.2, 0.25) is 0 Å². The molecule has 6 heteroatoms. The molecule has 1 heterocycles. The molecule has 1 aliphatic rings. The van der Waals surface area contributed by atoms with Crippen LogP contribution in [-0.4, -0.2) is 31.3 Å². The number of alkyl halides is 3. The first-order valence-electron chi connectivity index (χ1n) is 7.10. The molecular formula is C15H21F3N2O. The SMILES string of the molecule is CNCc1ccc(N2CCC(C(C)O)C2)cc1C(F)(F)F. The Morgan fingerprint density at radius 2 is 2.14 bits per heavy atom. The summed E-state index contributed by atoms with van der Waals surface area (Å²) in [5.41, 5.74) is 0.236. The van der Waals surface area contributed by atoms with Gasteiger partial charge in [0.15, 0.2) is 0 Å². The molecular weight excluding hydrogens is 281 g/mol. The molecule has 0 bridgehead atoms. The lowest BCUT2D eigenvalue weighted by atomic mass is 10.0. The highest BCUT2D eigenvalue weighted by molar-refractivity contribution is 5.52. The zero-order valence-corrected chi connectivity index (χ0v) is 12.2. The Hall–Kier alpha value is -1.27. The molecule has 3 nitrogen and oxygen atoms in total. The molecule has 0 saturated carbocycles. The van der Waals surface area contributed by atoms with Crippen molar-refractivity contribution in [3.05, 3.63) is 29.3 Å². The lowest BCUT2D eigenvalue weighted by molar-refractivity contribution is -0.138. The molecule has 2 atom stereocenters. The van der Waals surface area contributed by atoms with Gasteiger partial charge in [-0.15, -0.1) is 0 Å². The largest absolute Gasteiger partial charge is 0.416 e. The van der Waals surface area contributed by atoms with Crippen molar-refractivity contribution in [2.24, 2.45) is 5.92 Å². The lowest BCUT2D eigenvalue weighted by Gasteiger charge is -2.22. The molecule has 118 valence electrons. The molecule has 1 saturated heterocycles. The standard InChI is InChI=1S/C15H21F3N2O/c1-10(21)12-5-6-20(9-12)13-4-3-11(8-19-2)14(7-13)15(16,17)18/h3-4,7,10,12,19,21H,5-6,8-9H2,1-2H3. The summed E-state index contributed by atoms with van der Waals surface area (Å²) in [7, 11) is 1.63. The fraction of sp³-hybridized carbons (Fsp3) is 0.600. The molecule has 2 rings (SSSR count). The van der Waals surface area contributed by atoms with Crippen LogP contribution in [0.1, 0.15) is 24.5 Å². The van der Waals surface area contributed by atoms with Crippen LogP contribution >= 0.6 is 0 Å². The number of rotatable bonds is 4. The van der Waals surface area contributed by atoms with Crippen LogP contribution in [0.25, 0.3) is 0 Å². The minimum absolute atomic E-state index is 0.122. The first kappa shape index (κ1) is 16.1. The van der Waals surface area contributed by atoms with Gasteiger partial charge in [-0.2, -0.15) is 13.2 Å². The van der Waals surface area contributed by atoms with Crippen molar-refractivity contribution < 1.29 is 18.3 Å². The first-order chi connectivity index (χ1) is 9.82. The highest BCUT2D eigenvalue weighted by Gasteiger charge is 2.34. The second-order valence-electron chi connectivity index (χ2n) is 5.60. The van der Waals surface area contributed by atoms with E-state index in [2.05, 4.69) is 5.32 Å². The topological polar surface area (TPSA) is 35.5 Å². The van der Waals surface area contributed by atoms with E-state index in [0.717, 1.165) is 6.42 Å². The van der Waals surface area contributed by atoms with Crippen molar-refractivity contribution in [1.82, 2.24) is 5.32 Å². The van der Waals surface area contributed by atoms with Gasteiger partial charge in [0.05, 0.1) is 11.7 Å². The monoisotopic (exact) mass is 302 g/mol. The Kier molecular flexibility index (Phi) is 4.78. The Morgan fingerprint density at radius 1 is 1.43 bits per heavy atom. The number of aliphatic hydroxyl groups excluding tert-OH is 1. The van der Waals surface area contributed by atoms with E-state index < -0.39 is 17.8 Å². The maximum atomic E-state index is 13.2. The van der Waals surface area contributed by atoms with E-state index >= 15 is 0 Å². The van der Waals surface area contributed by atoms with Crippen LogP contribution in [0.15, 0.2) is 18.2 Å². The second kappa shape index (κ2) is 6.23. The van der Waals surface area contributed by atoms with Gasteiger partial charge in [0.25, 0.3) is 0 Å². The van der Waals surface area contributed by atoms with Crippen LogP contribution in [0.5, 0.6) is 0 Å². The van der Waals surface area contributed by atoms with E-state index in [1.165, 1.54) is 12.1 Å². The van der Waals surface area contributed by atoms with Crippen molar-refractivity contribution >= 4 is 5.69 Å². The van der Waals surface area contributed by atoms with Gasteiger partial charge in [-0.05, 0) is 38.1 Å². The zero-order chi connectivity index (χ0) is 15.6. The number of halogens is 3. The summed E-state index contributed by atoms with van der Waals surface area (Å²) >= 11 is 0.